The Morgan fingerprint density at radius 2 is 2.21 bits per heavy atom. The van der Waals surface area contributed by atoms with Crippen LogP contribution in [0.1, 0.15) is 11.3 Å². The van der Waals surface area contributed by atoms with Gasteiger partial charge >= 0.3 is 0 Å². The van der Waals surface area contributed by atoms with Gasteiger partial charge in [-0.05, 0) is 36.8 Å². The highest BCUT2D eigenvalue weighted by Crippen LogP contribution is 2.21. The number of hydrogen-bond acceptors (Lipinski definition) is 4. The second-order valence-electron chi connectivity index (χ2n) is 4.14. The summed E-state index contributed by atoms with van der Waals surface area (Å²) in [5.41, 5.74) is 8.14. The summed E-state index contributed by atoms with van der Waals surface area (Å²) in [4.78, 5) is 11.8. The molecule has 2 aromatic rings. The van der Waals surface area contributed by atoms with Gasteiger partial charge in [0.2, 0.25) is 5.91 Å². The fraction of sp³-hybridized carbons (Fsp3) is 0.214. The first kappa shape index (κ1) is 13.5. The zero-order valence-electron chi connectivity index (χ0n) is 10.7. The molecule has 0 aliphatic carbocycles. The first-order chi connectivity index (χ1) is 9.16. The number of hydrogen-bond donors (Lipinski definition) is 2. The lowest BCUT2D eigenvalue weighted by molar-refractivity contribution is -0.113. The van der Waals surface area contributed by atoms with Crippen LogP contribution in [0.25, 0.3) is 0 Å². The van der Waals surface area contributed by atoms with Gasteiger partial charge in [-0.3, -0.25) is 4.79 Å². The Hall–Kier alpha value is -1.88. The van der Waals surface area contributed by atoms with Gasteiger partial charge in [0.15, 0.2) is 0 Å². The standard InChI is InChI=1S/C14H16N2O2S/c1-10-12(15)5-2-6-13(10)16-14(17)9-19-8-11-4-3-7-18-11/h2-7H,8-9,15H2,1H3,(H,16,17). The Balaban J connectivity index is 1.82. The molecule has 3 N–H and O–H groups in total. The summed E-state index contributed by atoms with van der Waals surface area (Å²) in [7, 11) is 0. The molecule has 0 aliphatic heterocycles. The fourth-order valence-electron chi connectivity index (χ4n) is 1.61. The predicted octanol–water partition coefficient (Wildman–Crippen LogP) is 3.04. The normalized spacial score (nSPS) is 10.4. The second kappa shape index (κ2) is 6.33. The summed E-state index contributed by atoms with van der Waals surface area (Å²) >= 11 is 1.51. The van der Waals surface area contributed by atoms with Gasteiger partial charge in [0.05, 0.1) is 17.8 Å². The zero-order valence-corrected chi connectivity index (χ0v) is 11.5. The molecular formula is C14H16N2O2S. The van der Waals surface area contributed by atoms with Gasteiger partial charge in [0.1, 0.15) is 5.76 Å². The van der Waals surface area contributed by atoms with Crippen LogP contribution in [-0.2, 0) is 10.5 Å². The van der Waals surface area contributed by atoms with Crippen LogP contribution in [0.2, 0.25) is 0 Å². The van der Waals surface area contributed by atoms with Crippen LogP contribution in [0.15, 0.2) is 41.0 Å². The van der Waals surface area contributed by atoms with E-state index in [0.29, 0.717) is 17.2 Å². The van der Waals surface area contributed by atoms with Crippen molar-refractivity contribution in [1.82, 2.24) is 0 Å². The van der Waals surface area contributed by atoms with Crippen molar-refractivity contribution in [1.29, 1.82) is 0 Å². The number of thioether (sulfide) groups is 1. The van der Waals surface area contributed by atoms with E-state index in [2.05, 4.69) is 5.32 Å². The number of carbonyl (C=O) groups is 1. The van der Waals surface area contributed by atoms with Gasteiger partial charge in [-0.25, -0.2) is 0 Å². The summed E-state index contributed by atoms with van der Waals surface area (Å²) in [6.45, 7) is 1.89. The van der Waals surface area contributed by atoms with Crippen LogP contribution in [0.3, 0.4) is 0 Å². The maximum Gasteiger partial charge on any atom is 0.234 e. The lowest BCUT2D eigenvalue weighted by Crippen LogP contribution is -2.15. The molecule has 19 heavy (non-hydrogen) atoms. The Morgan fingerprint density at radius 1 is 1.37 bits per heavy atom. The van der Waals surface area contributed by atoms with E-state index in [1.165, 1.54) is 11.8 Å². The summed E-state index contributed by atoms with van der Waals surface area (Å²) in [5.74, 6) is 1.91. The van der Waals surface area contributed by atoms with E-state index in [4.69, 9.17) is 10.2 Å². The maximum absolute atomic E-state index is 11.8. The third-order valence-electron chi connectivity index (χ3n) is 2.71. The highest BCUT2D eigenvalue weighted by molar-refractivity contribution is 7.99. The van der Waals surface area contributed by atoms with Crippen LogP contribution < -0.4 is 11.1 Å². The third-order valence-corrected chi connectivity index (χ3v) is 3.66. The first-order valence-electron chi connectivity index (χ1n) is 5.92. The minimum atomic E-state index is -0.0368. The Morgan fingerprint density at radius 3 is 2.95 bits per heavy atom. The number of benzene rings is 1. The largest absolute Gasteiger partial charge is 0.468 e. The van der Waals surface area contributed by atoms with Crippen molar-refractivity contribution in [2.24, 2.45) is 0 Å². The molecule has 5 heteroatoms. The Kier molecular flexibility index (Phi) is 4.52. The minimum Gasteiger partial charge on any atom is -0.468 e. The maximum atomic E-state index is 11.8. The number of nitrogens with two attached hydrogens (primary N) is 1. The number of rotatable bonds is 5. The van der Waals surface area contributed by atoms with Crippen LogP contribution in [0.5, 0.6) is 0 Å². The van der Waals surface area contributed by atoms with Crippen molar-refractivity contribution >= 4 is 29.0 Å². The molecule has 0 fully saturated rings. The van der Waals surface area contributed by atoms with E-state index in [1.807, 2.05) is 37.3 Å². The average Bonchev–Trinajstić information content (AvgIpc) is 2.88. The fourth-order valence-corrected chi connectivity index (χ4v) is 2.34. The van der Waals surface area contributed by atoms with E-state index < -0.39 is 0 Å². The molecule has 1 aromatic heterocycles. The Bertz CT molecular complexity index is 553. The molecule has 0 spiro atoms. The van der Waals surface area contributed by atoms with E-state index in [-0.39, 0.29) is 5.91 Å². The molecule has 1 aromatic carbocycles. The number of nitrogens with one attached hydrogen (secondary N) is 1. The van der Waals surface area contributed by atoms with E-state index >= 15 is 0 Å². The minimum absolute atomic E-state index is 0.0368. The molecule has 0 aliphatic rings. The molecule has 2 rings (SSSR count). The number of carbonyl (C=O) groups excluding carboxylic acids is 1. The molecular weight excluding hydrogens is 260 g/mol. The van der Waals surface area contributed by atoms with Gasteiger partial charge in [-0.15, -0.1) is 11.8 Å². The summed E-state index contributed by atoms with van der Waals surface area (Å²) in [6, 6.07) is 9.23. The Labute approximate surface area is 116 Å². The first-order valence-corrected chi connectivity index (χ1v) is 7.07. The third kappa shape index (κ3) is 3.79. The molecule has 0 atom stereocenters. The average molecular weight is 276 g/mol. The topological polar surface area (TPSA) is 68.3 Å². The van der Waals surface area contributed by atoms with Crippen LogP contribution in [0, 0.1) is 6.92 Å². The number of nitrogen functional groups attached to an aromatic ring is 1. The summed E-state index contributed by atoms with van der Waals surface area (Å²) in [5, 5.41) is 2.86. The number of furan rings is 1. The predicted molar refractivity (Wildman–Crippen MR) is 79.1 cm³/mol. The second-order valence-corrected chi connectivity index (χ2v) is 5.13. The van der Waals surface area contributed by atoms with Gasteiger partial charge in [0, 0.05) is 11.4 Å². The summed E-state index contributed by atoms with van der Waals surface area (Å²) in [6.07, 6.45) is 1.63. The molecule has 4 nitrogen and oxygen atoms in total. The van der Waals surface area contributed by atoms with Crippen molar-refractivity contribution in [2.45, 2.75) is 12.7 Å². The zero-order chi connectivity index (χ0) is 13.7. The molecule has 100 valence electrons. The van der Waals surface area contributed by atoms with Crippen molar-refractivity contribution in [3.63, 3.8) is 0 Å². The van der Waals surface area contributed by atoms with Crippen molar-refractivity contribution in [3.8, 4) is 0 Å². The number of anilines is 2. The highest BCUT2D eigenvalue weighted by Gasteiger charge is 2.07. The molecule has 0 saturated heterocycles. The molecule has 1 amide bonds. The van der Waals surface area contributed by atoms with Crippen molar-refractivity contribution in [2.75, 3.05) is 16.8 Å². The van der Waals surface area contributed by atoms with E-state index in [0.717, 1.165) is 17.0 Å². The van der Waals surface area contributed by atoms with Gasteiger partial charge in [-0.2, -0.15) is 0 Å². The smallest absolute Gasteiger partial charge is 0.234 e. The highest BCUT2D eigenvalue weighted by atomic mass is 32.2. The van der Waals surface area contributed by atoms with Gasteiger partial charge in [-0.1, -0.05) is 6.07 Å². The van der Waals surface area contributed by atoms with Crippen LogP contribution >= 0.6 is 11.8 Å². The SMILES string of the molecule is Cc1c(N)cccc1NC(=O)CSCc1ccco1. The van der Waals surface area contributed by atoms with Gasteiger partial charge < -0.3 is 15.5 Å². The van der Waals surface area contributed by atoms with Crippen molar-refractivity contribution < 1.29 is 9.21 Å². The quantitative estimate of drug-likeness (QED) is 0.824. The van der Waals surface area contributed by atoms with Gasteiger partial charge in [0.25, 0.3) is 0 Å². The molecule has 1 heterocycles. The van der Waals surface area contributed by atoms with Crippen LogP contribution in [-0.4, -0.2) is 11.7 Å². The lowest BCUT2D eigenvalue weighted by atomic mass is 10.1. The van der Waals surface area contributed by atoms with E-state index in [9.17, 15) is 4.79 Å². The molecule has 0 unspecified atom stereocenters. The molecule has 0 bridgehead atoms. The van der Waals surface area contributed by atoms with Crippen molar-refractivity contribution in [3.05, 3.63) is 47.9 Å². The lowest BCUT2D eigenvalue weighted by Gasteiger charge is -2.09. The monoisotopic (exact) mass is 276 g/mol. The summed E-state index contributed by atoms with van der Waals surface area (Å²) < 4.78 is 5.20. The number of amides is 1. The molecule has 0 radical (unpaired) electrons. The van der Waals surface area contributed by atoms with Crippen LogP contribution in [0.4, 0.5) is 11.4 Å². The molecule has 0 saturated carbocycles. The van der Waals surface area contributed by atoms with E-state index in [1.54, 1.807) is 6.26 Å².